The molecule has 4 nitrogen and oxygen atoms in total. The first-order valence-corrected chi connectivity index (χ1v) is 8.66. The van der Waals surface area contributed by atoms with Crippen molar-refractivity contribution in [3.05, 3.63) is 41.6 Å². The van der Waals surface area contributed by atoms with Gasteiger partial charge in [0.15, 0.2) is 0 Å². The van der Waals surface area contributed by atoms with Gasteiger partial charge in [-0.2, -0.15) is 0 Å². The van der Waals surface area contributed by atoms with E-state index in [0.29, 0.717) is 24.4 Å². The van der Waals surface area contributed by atoms with E-state index in [-0.39, 0.29) is 18.7 Å². The Hall–Kier alpha value is -1.81. The van der Waals surface area contributed by atoms with E-state index < -0.39 is 0 Å². The van der Waals surface area contributed by atoms with E-state index in [9.17, 15) is 9.90 Å². The van der Waals surface area contributed by atoms with Crippen molar-refractivity contribution in [2.24, 2.45) is 23.7 Å². The molecule has 1 aliphatic heterocycles. The van der Waals surface area contributed by atoms with Gasteiger partial charge in [-0.1, -0.05) is 30.3 Å². The number of fused-ring (bicyclic) bond motifs is 5. The zero-order valence-electron chi connectivity index (χ0n) is 13.0. The van der Waals surface area contributed by atoms with Crippen LogP contribution in [-0.4, -0.2) is 35.4 Å². The summed E-state index contributed by atoms with van der Waals surface area (Å²) in [4.78, 5) is 14.1. The summed E-state index contributed by atoms with van der Waals surface area (Å²) >= 11 is 0. The molecule has 0 aromatic heterocycles. The quantitative estimate of drug-likeness (QED) is 0.934. The van der Waals surface area contributed by atoms with E-state index in [1.165, 1.54) is 30.4 Å². The molecule has 4 heteroatoms. The first kappa shape index (κ1) is 13.6. The zero-order valence-corrected chi connectivity index (χ0v) is 13.0. The molecule has 5 rings (SSSR count). The van der Waals surface area contributed by atoms with Crippen LogP contribution in [0.4, 0.5) is 4.79 Å². The Kier molecular flexibility index (Phi) is 2.87. The normalized spacial score (nSPS) is 37.9. The maximum atomic E-state index is 12.3. The fourth-order valence-corrected chi connectivity index (χ4v) is 5.49. The third-order valence-corrected chi connectivity index (χ3v) is 6.36. The minimum absolute atomic E-state index is 0.0389. The third kappa shape index (κ3) is 1.73. The van der Waals surface area contributed by atoms with Crippen molar-refractivity contribution in [2.45, 2.75) is 25.3 Å². The lowest BCUT2D eigenvalue weighted by atomic mass is 9.61. The number of hydrogen-bond donors (Lipinski definition) is 1. The number of nitrogens with zero attached hydrogens (tertiary/aromatic N) is 1. The van der Waals surface area contributed by atoms with Gasteiger partial charge in [-0.25, -0.2) is 4.79 Å². The fourth-order valence-electron chi connectivity index (χ4n) is 5.49. The van der Waals surface area contributed by atoms with E-state index in [2.05, 4.69) is 24.3 Å². The molecule has 1 N–H and O–H groups in total. The van der Waals surface area contributed by atoms with Crippen LogP contribution in [0.15, 0.2) is 36.0 Å². The second kappa shape index (κ2) is 4.84. The van der Waals surface area contributed by atoms with Crippen LogP contribution < -0.4 is 0 Å². The summed E-state index contributed by atoms with van der Waals surface area (Å²) in [7, 11) is 0. The minimum atomic E-state index is -0.284. The second-order valence-corrected chi connectivity index (χ2v) is 7.33. The Bertz CT molecular complexity index is 683. The Morgan fingerprint density at radius 2 is 1.87 bits per heavy atom. The lowest BCUT2D eigenvalue weighted by molar-refractivity contribution is 0.143. The summed E-state index contributed by atoms with van der Waals surface area (Å²) in [5, 5.41) is 9.66. The van der Waals surface area contributed by atoms with E-state index in [0.717, 1.165) is 11.6 Å². The summed E-state index contributed by atoms with van der Waals surface area (Å²) < 4.78 is 5.23. The van der Waals surface area contributed by atoms with Gasteiger partial charge in [-0.05, 0) is 48.2 Å². The molecule has 3 aliphatic carbocycles. The van der Waals surface area contributed by atoms with Gasteiger partial charge in [0.2, 0.25) is 0 Å². The summed E-state index contributed by atoms with van der Waals surface area (Å²) in [5.74, 6) is 2.57. The monoisotopic (exact) mass is 311 g/mol. The van der Waals surface area contributed by atoms with Crippen LogP contribution in [-0.2, 0) is 4.74 Å². The molecule has 2 bridgehead atoms. The number of aliphatic hydroxyl groups excluding tert-OH is 1. The molecule has 1 aromatic rings. The highest BCUT2D eigenvalue weighted by Crippen LogP contribution is 2.66. The van der Waals surface area contributed by atoms with Gasteiger partial charge in [-0.15, -0.1) is 0 Å². The highest BCUT2D eigenvalue weighted by Gasteiger charge is 2.60. The van der Waals surface area contributed by atoms with E-state index >= 15 is 0 Å². The van der Waals surface area contributed by atoms with Gasteiger partial charge in [-0.3, -0.25) is 4.90 Å². The molecule has 23 heavy (non-hydrogen) atoms. The Balaban J connectivity index is 1.64. The number of rotatable bonds is 3. The van der Waals surface area contributed by atoms with Crippen molar-refractivity contribution in [3.63, 3.8) is 0 Å². The molecule has 2 saturated carbocycles. The predicted molar refractivity (Wildman–Crippen MR) is 85.2 cm³/mol. The van der Waals surface area contributed by atoms with Gasteiger partial charge in [0.1, 0.15) is 6.61 Å². The summed E-state index contributed by atoms with van der Waals surface area (Å²) in [6.45, 7) is 0.259. The number of benzene rings is 1. The van der Waals surface area contributed by atoms with E-state index in [1.54, 1.807) is 4.90 Å². The highest BCUT2D eigenvalue weighted by molar-refractivity contribution is 5.84. The number of allylic oxidation sites excluding steroid dienone is 2. The van der Waals surface area contributed by atoms with Crippen LogP contribution in [0, 0.1) is 23.7 Å². The van der Waals surface area contributed by atoms with Gasteiger partial charge in [0.25, 0.3) is 0 Å². The SMILES string of the molecule is O=C1OC[C@@H](CO)N1C1=C(c2ccccc2)[C@H]2[C@@H]3CC[C@@H](C3)[C@@H]12. The largest absolute Gasteiger partial charge is 0.447 e. The molecule has 1 heterocycles. The third-order valence-electron chi connectivity index (χ3n) is 6.36. The maximum absolute atomic E-state index is 12.3. The molecule has 0 radical (unpaired) electrons. The number of amides is 1. The molecule has 0 unspecified atom stereocenters. The molecular weight excluding hydrogens is 290 g/mol. The maximum Gasteiger partial charge on any atom is 0.414 e. The lowest BCUT2D eigenvalue weighted by Crippen LogP contribution is -2.47. The number of hydrogen-bond acceptors (Lipinski definition) is 3. The molecule has 0 spiro atoms. The van der Waals surface area contributed by atoms with Crippen molar-refractivity contribution in [1.29, 1.82) is 0 Å². The van der Waals surface area contributed by atoms with Gasteiger partial charge < -0.3 is 9.84 Å². The average molecular weight is 311 g/mol. The summed E-state index contributed by atoms with van der Waals surface area (Å²) in [6.07, 6.45) is 3.61. The molecule has 4 aliphatic rings. The van der Waals surface area contributed by atoms with Gasteiger partial charge in [0, 0.05) is 11.6 Å². The molecule has 3 fully saturated rings. The highest BCUT2D eigenvalue weighted by atomic mass is 16.6. The van der Waals surface area contributed by atoms with Crippen molar-refractivity contribution >= 4 is 11.7 Å². The minimum Gasteiger partial charge on any atom is -0.447 e. The molecule has 1 amide bonds. The number of aliphatic hydroxyl groups is 1. The van der Waals surface area contributed by atoms with Gasteiger partial charge in [0.05, 0.1) is 12.6 Å². The molecular formula is C19H21NO3. The van der Waals surface area contributed by atoms with Crippen LogP contribution in [0.2, 0.25) is 0 Å². The Morgan fingerprint density at radius 1 is 1.13 bits per heavy atom. The van der Waals surface area contributed by atoms with E-state index in [1.807, 2.05) is 6.07 Å². The molecule has 5 atom stereocenters. The topological polar surface area (TPSA) is 49.8 Å². The number of carbonyl (C=O) groups is 1. The second-order valence-electron chi connectivity index (χ2n) is 7.33. The molecule has 120 valence electrons. The predicted octanol–water partition coefficient (Wildman–Crippen LogP) is 2.89. The van der Waals surface area contributed by atoms with Crippen molar-refractivity contribution in [1.82, 2.24) is 4.90 Å². The number of carbonyl (C=O) groups excluding carboxylic acids is 1. The van der Waals surface area contributed by atoms with Crippen LogP contribution in [0.25, 0.3) is 5.57 Å². The molecule has 1 saturated heterocycles. The van der Waals surface area contributed by atoms with Gasteiger partial charge >= 0.3 is 6.09 Å². The lowest BCUT2D eigenvalue weighted by Gasteiger charge is -2.48. The van der Waals surface area contributed by atoms with Crippen LogP contribution in [0.1, 0.15) is 24.8 Å². The van der Waals surface area contributed by atoms with Crippen LogP contribution in [0.3, 0.4) is 0 Å². The van der Waals surface area contributed by atoms with Crippen molar-refractivity contribution < 1.29 is 14.6 Å². The van der Waals surface area contributed by atoms with Crippen LogP contribution >= 0.6 is 0 Å². The van der Waals surface area contributed by atoms with Crippen molar-refractivity contribution in [2.75, 3.05) is 13.2 Å². The smallest absolute Gasteiger partial charge is 0.414 e. The van der Waals surface area contributed by atoms with Crippen molar-refractivity contribution in [3.8, 4) is 0 Å². The Labute approximate surface area is 135 Å². The zero-order chi connectivity index (χ0) is 15.6. The first-order valence-electron chi connectivity index (χ1n) is 8.66. The number of cyclic esters (lactones) is 1. The van der Waals surface area contributed by atoms with Crippen LogP contribution in [0.5, 0.6) is 0 Å². The fraction of sp³-hybridized carbons (Fsp3) is 0.526. The number of ether oxygens (including phenoxy) is 1. The summed E-state index contributed by atoms with van der Waals surface area (Å²) in [6, 6.07) is 10.2. The standard InChI is InChI=1S/C19H21NO3/c21-9-14-10-23-19(22)20(14)18-16(11-4-2-1-3-5-11)15-12-6-7-13(8-12)17(15)18/h1-5,12-15,17,21H,6-10H2/t12-,13+,14-,15-,17-/m1/s1. The Morgan fingerprint density at radius 3 is 2.61 bits per heavy atom. The van der Waals surface area contributed by atoms with E-state index in [4.69, 9.17) is 4.74 Å². The molecule has 1 aromatic carbocycles. The summed E-state index contributed by atoms with van der Waals surface area (Å²) in [5.41, 5.74) is 3.71. The first-order chi connectivity index (χ1) is 11.3. The average Bonchev–Trinajstić information content (AvgIpc) is 3.23.